The number of carbonyl (C=O) groups excluding carboxylic acids is 1. The van der Waals surface area contributed by atoms with Crippen molar-refractivity contribution in [3.63, 3.8) is 0 Å². The summed E-state index contributed by atoms with van der Waals surface area (Å²) in [6, 6.07) is 9.85. The van der Waals surface area contributed by atoms with Crippen molar-refractivity contribution in [1.82, 2.24) is 24.5 Å². The first-order chi connectivity index (χ1) is 13.6. The standard InChI is InChI=1S/C20H25N7O/c1-4-16-13-18(22-20-23-21-14-27(16)20)25-9-11-26(12-10-25)19(28)15-5-7-17(8-6-15)24(2)3/h5-8,13-14H,4,9-12H2,1-3H3. The van der Waals surface area contributed by atoms with Gasteiger partial charge in [-0.15, -0.1) is 10.2 Å². The number of aromatic nitrogens is 4. The topological polar surface area (TPSA) is 69.9 Å². The second-order valence-electron chi connectivity index (χ2n) is 7.18. The van der Waals surface area contributed by atoms with E-state index in [1.54, 1.807) is 6.33 Å². The number of benzene rings is 1. The molecule has 1 saturated heterocycles. The van der Waals surface area contributed by atoms with Crippen molar-refractivity contribution in [2.24, 2.45) is 0 Å². The fourth-order valence-corrected chi connectivity index (χ4v) is 3.52. The number of anilines is 2. The molecule has 0 bridgehead atoms. The molecule has 1 aromatic carbocycles. The van der Waals surface area contributed by atoms with Gasteiger partial charge < -0.3 is 14.7 Å². The molecule has 1 aliphatic rings. The maximum Gasteiger partial charge on any atom is 0.256 e. The Kier molecular flexibility index (Phi) is 4.85. The summed E-state index contributed by atoms with van der Waals surface area (Å²) in [5.74, 6) is 1.61. The predicted octanol–water partition coefficient (Wildman–Crippen LogP) is 1.72. The molecule has 1 aliphatic heterocycles. The molecule has 3 aromatic rings. The van der Waals surface area contributed by atoms with Gasteiger partial charge in [-0.05, 0) is 30.7 Å². The summed E-state index contributed by atoms with van der Waals surface area (Å²) in [7, 11) is 3.98. The first kappa shape index (κ1) is 18.2. The highest BCUT2D eigenvalue weighted by Gasteiger charge is 2.23. The van der Waals surface area contributed by atoms with Crippen molar-refractivity contribution in [2.75, 3.05) is 50.1 Å². The summed E-state index contributed by atoms with van der Waals surface area (Å²) < 4.78 is 1.92. The van der Waals surface area contributed by atoms with Crippen LogP contribution < -0.4 is 9.80 Å². The number of aryl methyl sites for hydroxylation is 1. The third-order valence-electron chi connectivity index (χ3n) is 5.23. The third kappa shape index (κ3) is 3.37. The lowest BCUT2D eigenvalue weighted by Gasteiger charge is -2.35. The van der Waals surface area contributed by atoms with E-state index >= 15 is 0 Å². The number of fused-ring (bicyclic) bond motifs is 1. The molecule has 0 unspecified atom stereocenters. The van der Waals surface area contributed by atoms with Crippen LogP contribution in [0.1, 0.15) is 23.0 Å². The van der Waals surface area contributed by atoms with Crippen molar-refractivity contribution in [2.45, 2.75) is 13.3 Å². The van der Waals surface area contributed by atoms with Crippen LogP contribution in [0.4, 0.5) is 11.5 Å². The molecular formula is C20H25N7O. The van der Waals surface area contributed by atoms with Crippen LogP contribution >= 0.6 is 0 Å². The maximum atomic E-state index is 12.8. The van der Waals surface area contributed by atoms with Crippen molar-refractivity contribution in [3.05, 3.63) is 47.9 Å². The molecule has 4 rings (SSSR count). The quantitative estimate of drug-likeness (QED) is 0.687. The molecule has 0 spiro atoms. The molecule has 28 heavy (non-hydrogen) atoms. The van der Waals surface area contributed by atoms with Crippen LogP contribution in [0.15, 0.2) is 36.7 Å². The SMILES string of the molecule is CCc1cc(N2CCN(C(=O)c3ccc(N(C)C)cc3)CC2)nc2nncn12. The number of piperazine rings is 1. The van der Waals surface area contributed by atoms with E-state index in [2.05, 4.69) is 33.1 Å². The zero-order valence-electron chi connectivity index (χ0n) is 16.5. The average Bonchev–Trinajstić information content (AvgIpc) is 3.21. The van der Waals surface area contributed by atoms with E-state index in [-0.39, 0.29) is 5.91 Å². The number of hydrogen-bond donors (Lipinski definition) is 0. The van der Waals surface area contributed by atoms with Crippen molar-refractivity contribution < 1.29 is 4.79 Å². The van der Waals surface area contributed by atoms with Gasteiger partial charge in [-0.1, -0.05) is 6.92 Å². The van der Waals surface area contributed by atoms with Gasteiger partial charge in [0.25, 0.3) is 11.7 Å². The van der Waals surface area contributed by atoms with Gasteiger partial charge in [-0.2, -0.15) is 4.98 Å². The van der Waals surface area contributed by atoms with Crippen LogP contribution in [0.3, 0.4) is 0 Å². The Hall–Kier alpha value is -3.16. The Labute approximate surface area is 164 Å². The molecular weight excluding hydrogens is 354 g/mol. The van der Waals surface area contributed by atoms with Gasteiger partial charge in [-0.25, -0.2) is 0 Å². The fourth-order valence-electron chi connectivity index (χ4n) is 3.52. The minimum Gasteiger partial charge on any atom is -0.378 e. The highest BCUT2D eigenvalue weighted by Crippen LogP contribution is 2.19. The van der Waals surface area contributed by atoms with E-state index in [1.807, 2.05) is 52.6 Å². The van der Waals surface area contributed by atoms with Gasteiger partial charge in [-0.3, -0.25) is 9.20 Å². The van der Waals surface area contributed by atoms with E-state index in [9.17, 15) is 4.79 Å². The molecule has 0 N–H and O–H groups in total. The third-order valence-corrected chi connectivity index (χ3v) is 5.23. The van der Waals surface area contributed by atoms with Crippen LogP contribution in [0.25, 0.3) is 5.78 Å². The van der Waals surface area contributed by atoms with E-state index in [0.29, 0.717) is 18.9 Å². The highest BCUT2D eigenvalue weighted by atomic mass is 16.2. The second-order valence-corrected chi connectivity index (χ2v) is 7.18. The Balaban J connectivity index is 1.45. The summed E-state index contributed by atoms with van der Waals surface area (Å²) in [5, 5.41) is 8.05. The Morgan fingerprint density at radius 3 is 2.46 bits per heavy atom. The number of hydrogen-bond acceptors (Lipinski definition) is 6. The zero-order valence-corrected chi connectivity index (χ0v) is 16.5. The molecule has 1 amide bonds. The molecule has 8 heteroatoms. The molecule has 8 nitrogen and oxygen atoms in total. The molecule has 0 radical (unpaired) electrons. The first-order valence-corrected chi connectivity index (χ1v) is 9.58. The molecule has 1 fully saturated rings. The van der Waals surface area contributed by atoms with Crippen LogP contribution in [0.5, 0.6) is 0 Å². The molecule has 0 aliphatic carbocycles. The number of nitrogens with zero attached hydrogens (tertiary/aromatic N) is 7. The number of carbonyl (C=O) groups is 1. The molecule has 2 aromatic heterocycles. The molecule has 0 saturated carbocycles. The summed E-state index contributed by atoms with van der Waals surface area (Å²) in [5.41, 5.74) is 2.95. The molecule has 0 atom stereocenters. The normalized spacial score (nSPS) is 14.5. The molecule has 146 valence electrons. The minimum absolute atomic E-state index is 0.0834. The van der Waals surface area contributed by atoms with Crippen molar-refractivity contribution in [1.29, 1.82) is 0 Å². The van der Waals surface area contributed by atoms with Crippen molar-refractivity contribution >= 4 is 23.2 Å². The monoisotopic (exact) mass is 379 g/mol. The van der Waals surface area contributed by atoms with E-state index < -0.39 is 0 Å². The van der Waals surface area contributed by atoms with E-state index in [1.165, 1.54) is 0 Å². The van der Waals surface area contributed by atoms with Gasteiger partial charge in [0, 0.05) is 63.3 Å². The van der Waals surface area contributed by atoms with Crippen molar-refractivity contribution in [3.8, 4) is 0 Å². The lowest BCUT2D eigenvalue weighted by atomic mass is 10.1. The smallest absolute Gasteiger partial charge is 0.256 e. The summed E-state index contributed by atoms with van der Waals surface area (Å²) >= 11 is 0. The fraction of sp³-hybridized carbons (Fsp3) is 0.400. The van der Waals surface area contributed by atoms with E-state index in [4.69, 9.17) is 0 Å². The maximum absolute atomic E-state index is 12.8. The zero-order chi connectivity index (χ0) is 19.7. The van der Waals surface area contributed by atoms with Gasteiger partial charge in [0.05, 0.1) is 0 Å². The lowest BCUT2D eigenvalue weighted by Crippen LogP contribution is -2.49. The number of rotatable bonds is 4. The largest absolute Gasteiger partial charge is 0.378 e. The van der Waals surface area contributed by atoms with Crippen LogP contribution in [0.2, 0.25) is 0 Å². The van der Waals surface area contributed by atoms with Gasteiger partial charge in [0.15, 0.2) is 0 Å². The van der Waals surface area contributed by atoms with Gasteiger partial charge >= 0.3 is 0 Å². The molecule has 3 heterocycles. The van der Waals surface area contributed by atoms with Crippen LogP contribution in [0, 0.1) is 0 Å². The van der Waals surface area contributed by atoms with Crippen LogP contribution in [-0.4, -0.2) is 70.7 Å². The summed E-state index contributed by atoms with van der Waals surface area (Å²) in [6.45, 7) is 4.96. The summed E-state index contributed by atoms with van der Waals surface area (Å²) in [4.78, 5) is 23.6. The second kappa shape index (κ2) is 7.46. The Bertz CT molecular complexity index is 972. The Morgan fingerprint density at radius 1 is 1.11 bits per heavy atom. The average molecular weight is 379 g/mol. The van der Waals surface area contributed by atoms with Crippen LogP contribution in [-0.2, 0) is 6.42 Å². The number of amides is 1. The predicted molar refractivity (Wildman–Crippen MR) is 109 cm³/mol. The Morgan fingerprint density at radius 2 is 1.82 bits per heavy atom. The first-order valence-electron chi connectivity index (χ1n) is 9.58. The lowest BCUT2D eigenvalue weighted by molar-refractivity contribution is 0.0746. The summed E-state index contributed by atoms with van der Waals surface area (Å²) in [6.07, 6.45) is 2.58. The van der Waals surface area contributed by atoms with Gasteiger partial charge in [0.2, 0.25) is 0 Å². The van der Waals surface area contributed by atoms with Gasteiger partial charge in [0.1, 0.15) is 12.1 Å². The highest BCUT2D eigenvalue weighted by molar-refractivity contribution is 5.94. The van der Waals surface area contributed by atoms with E-state index in [0.717, 1.165) is 42.3 Å². The minimum atomic E-state index is 0.0834.